The lowest BCUT2D eigenvalue weighted by atomic mass is 10.6. The Kier molecular flexibility index (Phi) is 31.2. The number of hydrogen-bond acceptors (Lipinski definition) is 5. The summed E-state index contributed by atoms with van der Waals surface area (Å²) in [6, 6.07) is 0. The standard InChI is InChI=1S/C6H16O3Si.C3H8.CHNO/c1-4-7-10(8-5-2)9-6-3;1-3-2;2-1-3/h10H,4-6H2,1-3H3;3H2,1-2H3;2H. The molecule has 0 amide bonds. The van der Waals surface area contributed by atoms with Crippen LogP contribution in [0.3, 0.4) is 0 Å². The first kappa shape index (κ1) is 20.8. The number of rotatable bonds is 6. The highest BCUT2D eigenvalue weighted by molar-refractivity contribution is 6.36. The third kappa shape index (κ3) is 29.2. The van der Waals surface area contributed by atoms with Gasteiger partial charge in [-0.1, -0.05) is 20.3 Å². The van der Waals surface area contributed by atoms with Gasteiger partial charge in [-0.2, -0.15) is 0 Å². The van der Waals surface area contributed by atoms with Gasteiger partial charge in [0.05, 0.1) is 0 Å². The Labute approximate surface area is 101 Å². The molecule has 5 nitrogen and oxygen atoms in total. The maximum absolute atomic E-state index is 8.35. The van der Waals surface area contributed by atoms with Gasteiger partial charge >= 0.3 is 9.53 Å². The molecule has 0 aromatic rings. The summed E-state index contributed by atoms with van der Waals surface area (Å²) in [7, 11) is -1.73. The average molecular weight is 251 g/mol. The minimum absolute atomic E-state index is 0.677. The lowest BCUT2D eigenvalue weighted by Gasteiger charge is -2.12. The highest BCUT2D eigenvalue weighted by Crippen LogP contribution is 1.90. The van der Waals surface area contributed by atoms with Crippen molar-refractivity contribution in [1.82, 2.24) is 0 Å². The predicted octanol–water partition coefficient (Wildman–Crippen LogP) is 2.13. The normalized spacial score (nSPS) is 8.38. The van der Waals surface area contributed by atoms with Crippen LogP contribution in [0.25, 0.3) is 0 Å². The van der Waals surface area contributed by atoms with Gasteiger partial charge in [0, 0.05) is 19.8 Å². The van der Waals surface area contributed by atoms with Gasteiger partial charge in [-0.05, 0) is 20.8 Å². The highest BCUT2D eigenvalue weighted by Gasteiger charge is 2.11. The van der Waals surface area contributed by atoms with Crippen molar-refractivity contribution >= 4 is 15.6 Å². The zero-order chi connectivity index (χ0) is 13.2. The van der Waals surface area contributed by atoms with Crippen LogP contribution in [0.2, 0.25) is 0 Å². The second-order valence-corrected chi connectivity index (χ2v) is 4.04. The van der Waals surface area contributed by atoms with Gasteiger partial charge in [-0.25, -0.2) is 10.2 Å². The molecule has 0 rings (SSSR count). The van der Waals surface area contributed by atoms with Crippen LogP contribution in [0.1, 0.15) is 41.0 Å². The molecule has 1 N–H and O–H groups in total. The van der Waals surface area contributed by atoms with E-state index in [0.717, 1.165) is 6.08 Å². The molecule has 0 unspecified atom stereocenters. The Morgan fingerprint density at radius 1 is 0.938 bits per heavy atom. The molecule has 0 aliphatic heterocycles. The summed E-state index contributed by atoms with van der Waals surface area (Å²) in [6.07, 6.45) is 2.00. The number of isocyanates is 1. The second kappa shape index (κ2) is 24.0. The van der Waals surface area contributed by atoms with Gasteiger partial charge < -0.3 is 13.3 Å². The van der Waals surface area contributed by atoms with E-state index in [9.17, 15) is 0 Å². The molecular formula is C10H25NO4Si. The molecule has 0 bridgehead atoms. The number of hydrogen-bond donors (Lipinski definition) is 1. The second-order valence-electron chi connectivity index (χ2n) is 2.46. The fourth-order valence-corrected chi connectivity index (χ4v) is 1.66. The SMILES string of the molecule is CCC.CCO[SiH](OCC)OCC.N=C=O. The summed E-state index contributed by atoms with van der Waals surface area (Å²) in [6.45, 7) is 12.1. The fraction of sp³-hybridized carbons (Fsp3) is 0.900. The predicted molar refractivity (Wildman–Crippen MR) is 66.4 cm³/mol. The van der Waals surface area contributed by atoms with E-state index in [1.807, 2.05) is 20.8 Å². The number of nitrogens with one attached hydrogen (secondary N) is 1. The molecule has 0 radical (unpaired) electrons. The van der Waals surface area contributed by atoms with Crippen LogP contribution in [0.15, 0.2) is 0 Å². The number of carbonyl (C=O) groups excluding carboxylic acids is 1. The Balaban J connectivity index is -0.000000235. The molecule has 16 heavy (non-hydrogen) atoms. The van der Waals surface area contributed by atoms with Crippen molar-refractivity contribution in [2.75, 3.05) is 19.8 Å². The van der Waals surface area contributed by atoms with Crippen LogP contribution in [0.5, 0.6) is 0 Å². The molecule has 0 aliphatic rings. The van der Waals surface area contributed by atoms with Gasteiger partial charge in [-0.3, -0.25) is 0 Å². The molecule has 0 saturated heterocycles. The Hall–Kier alpha value is -0.523. The summed E-state index contributed by atoms with van der Waals surface area (Å²) in [4.78, 5) is 8.35. The van der Waals surface area contributed by atoms with Gasteiger partial charge in [0.25, 0.3) is 0 Å². The van der Waals surface area contributed by atoms with Crippen molar-refractivity contribution in [2.45, 2.75) is 41.0 Å². The Bertz CT molecular complexity index is 127. The van der Waals surface area contributed by atoms with E-state index >= 15 is 0 Å². The zero-order valence-electron chi connectivity index (χ0n) is 11.0. The first-order chi connectivity index (χ1) is 7.67. The molecule has 0 aliphatic carbocycles. The van der Waals surface area contributed by atoms with Gasteiger partial charge in [-0.15, -0.1) is 0 Å². The minimum Gasteiger partial charge on any atom is -0.376 e. The summed E-state index contributed by atoms with van der Waals surface area (Å²) in [5.74, 6) is 0. The lowest BCUT2D eigenvalue weighted by molar-refractivity contribution is 0.107. The first-order valence-corrected chi connectivity index (χ1v) is 6.98. The van der Waals surface area contributed by atoms with E-state index < -0.39 is 9.53 Å². The molecular weight excluding hydrogens is 226 g/mol. The van der Waals surface area contributed by atoms with Crippen molar-refractivity contribution < 1.29 is 18.1 Å². The van der Waals surface area contributed by atoms with Crippen LogP contribution < -0.4 is 0 Å². The summed E-state index contributed by atoms with van der Waals surface area (Å²) in [5, 5.41) is 5.40. The van der Waals surface area contributed by atoms with Gasteiger partial charge in [0.15, 0.2) is 0 Å². The lowest BCUT2D eigenvalue weighted by Crippen LogP contribution is -2.27. The largest absolute Gasteiger partial charge is 0.484 e. The van der Waals surface area contributed by atoms with Crippen molar-refractivity contribution in [3.8, 4) is 0 Å². The Morgan fingerprint density at radius 2 is 1.12 bits per heavy atom. The van der Waals surface area contributed by atoms with E-state index in [0.29, 0.717) is 19.8 Å². The Morgan fingerprint density at radius 3 is 1.25 bits per heavy atom. The van der Waals surface area contributed by atoms with Crippen molar-refractivity contribution in [3.63, 3.8) is 0 Å². The van der Waals surface area contributed by atoms with Crippen LogP contribution >= 0.6 is 0 Å². The maximum Gasteiger partial charge on any atom is 0.484 e. The van der Waals surface area contributed by atoms with Crippen LogP contribution in [0, 0.1) is 5.41 Å². The van der Waals surface area contributed by atoms with E-state index in [1.54, 1.807) is 0 Å². The maximum atomic E-state index is 8.35. The molecule has 0 heterocycles. The fourth-order valence-electron chi connectivity index (χ4n) is 0.553. The van der Waals surface area contributed by atoms with Gasteiger partial charge in [0.2, 0.25) is 6.08 Å². The molecule has 0 atom stereocenters. The molecule has 0 aromatic heterocycles. The van der Waals surface area contributed by atoms with Crippen molar-refractivity contribution in [3.05, 3.63) is 0 Å². The molecule has 0 spiro atoms. The van der Waals surface area contributed by atoms with E-state index in [1.165, 1.54) is 6.42 Å². The highest BCUT2D eigenvalue weighted by atomic mass is 28.3. The van der Waals surface area contributed by atoms with Gasteiger partial charge in [0.1, 0.15) is 0 Å². The van der Waals surface area contributed by atoms with Crippen molar-refractivity contribution in [2.24, 2.45) is 0 Å². The monoisotopic (exact) mass is 251 g/mol. The van der Waals surface area contributed by atoms with E-state index in [4.69, 9.17) is 23.5 Å². The summed E-state index contributed by atoms with van der Waals surface area (Å²) < 4.78 is 15.7. The smallest absolute Gasteiger partial charge is 0.376 e. The summed E-state index contributed by atoms with van der Waals surface area (Å²) >= 11 is 0. The first-order valence-electron chi connectivity index (χ1n) is 5.56. The van der Waals surface area contributed by atoms with E-state index in [2.05, 4.69) is 13.8 Å². The molecule has 0 aromatic carbocycles. The van der Waals surface area contributed by atoms with E-state index in [-0.39, 0.29) is 0 Å². The quantitative estimate of drug-likeness (QED) is 0.446. The van der Waals surface area contributed by atoms with Crippen LogP contribution in [0.4, 0.5) is 0 Å². The van der Waals surface area contributed by atoms with Crippen LogP contribution in [-0.2, 0) is 18.1 Å². The molecule has 98 valence electrons. The summed E-state index contributed by atoms with van der Waals surface area (Å²) in [5.41, 5.74) is 0. The third-order valence-electron chi connectivity index (χ3n) is 0.908. The molecule has 0 fully saturated rings. The third-order valence-corrected chi connectivity index (χ3v) is 2.72. The molecule has 6 heteroatoms. The average Bonchev–Trinajstić information content (AvgIpc) is 2.21. The zero-order valence-corrected chi connectivity index (χ0v) is 12.2. The minimum atomic E-state index is -1.73. The van der Waals surface area contributed by atoms with Crippen LogP contribution in [-0.4, -0.2) is 35.4 Å². The topological polar surface area (TPSA) is 68.6 Å². The molecule has 0 saturated carbocycles. The van der Waals surface area contributed by atoms with Crippen molar-refractivity contribution in [1.29, 1.82) is 5.41 Å².